The molecule has 2 rings (SSSR count). The number of nitrogens with zero attached hydrogens (tertiary/aromatic N) is 2. The number of anilines is 1. The maximum Gasteiger partial charge on any atom is 0.217 e. The Morgan fingerprint density at radius 1 is 0.800 bits per heavy atom. The van der Waals surface area contributed by atoms with Gasteiger partial charge in [-0.1, -0.05) is 56.7 Å². The number of amides is 1. The first-order valence-corrected chi connectivity index (χ1v) is 10.1. The molecule has 1 aromatic rings. The van der Waals surface area contributed by atoms with E-state index in [4.69, 9.17) is 5.73 Å². The smallest absolute Gasteiger partial charge is 0.217 e. The molecule has 0 bridgehead atoms. The Morgan fingerprint density at radius 2 is 1.36 bits per heavy atom. The van der Waals surface area contributed by atoms with Crippen molar-refractivity contribution in [3.05, 3.63) is 30.3 Å². The van der Waals surface area contributed by atoms with Crippen molar-refractivity contribution in [1.29, 1.82) is 0 Å². The van der Waals surface area contributed by atoms with E-state index in [9.17, 15) is 4.79 Å². The summed E-state index contributed by atoms with van der Waals surface area (Å²) < 4.78 is 0. The fourth-order valence-corrected chi connectivity index (χ4v) is 3.56. The fraction of sp³-hybridized carbons (Fsp3) is 0.667. The van der Waals surface area contributed by atoms with Gasteiger partial charge in [-0.05, 0) is 31.5 Å². The van der Waals surface area contributed by atoms with Gasteiger partial charge in [-0.2, -0.15) is 0 Å². The van der Waals surface area contributed by atoms with Crippen molar-refractivity contribution >= 4 is 11.6 Å². The maximum absolute atomic E-state index is 10.6. The largest absolute Gasteiger partial charge is 0.370 e. The van der Waals surface area contributed by atoms with Crippen molar-refractivity contribution in [1.82, 2.24) is 4.90 Å². The highest BCUT2D eigenvalue weighted by Gasteiger charge is 2.16. The van der Waals surface area contributed by atoms with Gasteiger partial charge in [0.2, 0.25) is 5.91 Å². The van der Waals surface area contributed by atoms with Gasteiger partial charge in [0, 0.05) is 38.3 Å². The molecule has 25 heavy (non-hydrogen) atoms. The lowest BCUT2D eigenvalue weighted by Gasteiger charge is -2.36. The molecule has 0 aromatic heterocycles. The van der Waals surface area contributed by atoms with Crippen LogP contribution in [-0.2, 0) is 4.79 Å². The second-order valence-electron chi connectivity index (χ2n) is 7.21. The lowest BCUT2D eigenvalue weighted by atomic mass is 10.1. The topological polar surface area (TPSA) is 49.6 Å². The fourth-order valence-electron chi connectivity index (χ4n) is 3.56. The SMILES string of the molecule is NC(=O)CCCCCCCCCCN1CCN(c2ccccc2)CC1. The Bertz CT molecular complexity index is 469. The minimum atomic E-state index is -0.162. The first kappa shape index (κ1) is 19.8. The van der Waals surface area contributed by atoms with E-state index in [1.807, 2.05) is 0 Å². The summed E-state index contributed by atoms with van der Waals surface area (Å²) >= 11 is 0. The summed E-state index contributed by atoms with van der Waals surface area (Å²) in [4.78, 5) is 15.8. The molecule has 2 N–H and O–H groups in total. The van der Waals surface area contributed by atoms with E-state index in [1.165, 1.54) is 63.8 Å². The molecule has 0 radical (unpaired) electrons. The van der Waals surface area contributed by atoms with Gasteiger partial charge in [0.05, 0.1) is 0 Å². The maximum atomic E-state index is 10.6. The molecular weight excluding hydrogens is 310 g/mol. The monoisotopic (exact) mass is 345 g/mol. The molecule has 1 aromatic carbocycles. The summed E-state index contributed by atoms with van der Waals surface area (Å²) in [5.74, 6) is -0.162. The number of primary amides is 1. The molecule has 140 valence electrons. The lowest BCUT2D eigenvalue weighted by Crippen LogP contribution is -2.46. The average Bonchev–Trinajstić information content (AvgIpc) is 2.64. The van der Waals surface area contributed by atoms with Gasteiger partial charge in [0.1, 0.15) is 0 Å². The second kappa shape index (κ2) is 11.9. The minimum absolute atomic E-state index is 0.162. The number of rotatable bonds is 12. The first-order valence-electron chi connectivity index (χ1n) is 10.1. The molecule has 1 aliphatic heterocycles. The molecule has 0 aliphatic carbocycles. The van der Waals surface area contributed by atoms with Crippen molar-refractivity contribution in [2.24, 2.45) is 5.73 Å². The molecule has 0 spiro atoms. The lowest BCUT2D eigenvalue weighted by molar-refractivity contribution is -0.118. The number of hydrogen-bond donors (Lipinski definition) is 1. The van der Waals surface area contributed by atoms with E-state index >= 15 is 0 Å². The van der Waals surface area contributed by atoms with Crippen molar-refractivity contribution in [2.45, 2.75) is 57.8 Å². The van der Waals surface area contributed by atoms with Crippen LogP contribution in [0.4, 0.5) is 5.69 Å². The normalized spacial score (nSPS) is 15.4. The van der Waals surface area contributed by atoms with Crippen LogP contribution in [0, 0.1) is 0 Å². The highest BCUT2D eigenvalue weighted by molar-refractivity contribution is 5.73. The van der Waals surface area contributed by atoms with E-state index in [0.29, 0.717) is 6.42 Å². The summed E-state index contributed by atoms with van der Waals surface area (Å²) in [5.41, 5.74) is 6.50. The summed E-state index contributed by atoms with van der Waals surface area (Å²) in [6, 6.07) is 10.8. The average molecular weight is 346 g/mol. The number of carbonyl (C=O) groups is 1. The van der Waals surface area contributed by atoms with E-state index in [1.54, 1.807) is 0 Å². The van der Waals surface area contributed by atoms with Crippen LogP contribution >= 0.6 is 0 Å². The second-order valence-corrected chi connectivity index (χ2v) is 7.21. The van der Waals surface area contributed by atoms with Crippen molar-refractivity contribution in [2.75, 3.05) is 37.6 Å². The molecule has 0 unspecified atom stereocenters. The minimum Gasteiger partial charge on any atom is -0.370 e. The number of piperazine rings is 1. The standard InChI is InChI=1S/C21H35N3O/c22-21(25)14-10-5-3-1-2-4-6-11-15-23-16-18-24(19-17-23)20-12-8-7-9-13-20/h7-9,12-13H,1-6,10-11,14-19H2,(H2,22,25). The third-order valence-corrected chi connectivity index (χ3v) is 5.14. The van der Waals surface area contributed by atoms with Gasteiger partial charge in [-0.25, -0.2) is 0 Å². The van der Waals surface area contributed by atoms with E-state index in [2.05, 4.69) is 40.1 Å². The number of nitrogens with two attached hydrogens (primary N) is 1. The molecule has 0 saturated carbocycles. The van der Waals surface area contributed by atoms with E-state index in [0.717, 1.165) is 25.9 Å². The number of benzene rings is 1. The van der Waals surface area contributed by atoms with Crippen molar-refractivity contribution in [3.63, 3.8) is 0 Å². The third-order valence-electron chi connectivity index (χ3n) is 5.14. The Hall–Kier alpha value is -1.55. The van der Waals surface area contributed by atoms with Gasteiger partial charge in [0.15, 0.2) is 0 Å². The highest BCUT2D eigenvalue weighted by Crippen LogP contribution is 2.16. The van der Waals surface area contributed by atoms with Crippen LogP contribution in [0.1, 0.15) is 57.8 Å². The Labute approximate surface area is 153 Å². The molecule has 1 heterocycles. The van der Waals surface area contributed by atoms with Crippen LogP contribution < -0.4 is 10.6 Å². The van der Waals surface area contributed by atoms with Crippen LogP contribution in [-0.4, -0.2) is 43.5 Å². The zero-order chi connectivity index (χ0) is 17.7. The van der Waals surface area contributed by atoms with Crippen LogP contribution in [0.5, 0.6) is 0 Å². The molecule has 0 atom stereocenters. The van der Waals surface area contributed by atoms with Crippen LogP contribution in [0.2, 0.25) is 0 Å². The van der Waals surface area contributed by atoms with Crippen molar-refractivity contribution < 1.29 is 4.79 Å². The zero-order valence-corrected chi connectivity index (χ0v) is 15.7. The zero-order valence-electron chi connectivity index (χ0n) is 15.7. The number of para-hydroxylation sites is 1. The Kier molecular flexibility index (Phi) is 9.42. The number of hydrogen-bond acceptors (Lipinski definition) is 3. The predicted molar refractivity (Wildman–Crippen MR) is 106 cm³/mol. The first-order chi connectivity index (χ1) is 12.3. The predicted octanol–water partition coefficient (Wildman–Crippen LogP) is 3.80. The molecule has 1 amide bonds. The number of carbonyl (C=O) groups excluding carboxylic acids is 1. The van der Waals surface area contributed by atoms with Gasteiger partial charge in [0.25, 0.3) is 0 Å². The van der Waals surface area contributed by atoms with E-state index in [-0.39, 0.29) is 5.91 Å². The summed E-state index contributed by atoms with van der Waals surface area (Å²) in [5, 5.41) is 0. The Morgan fingerprint density at radius 3 is 1.96 bits per heavy atom. The molecular formula is C21H35N3O. The molecule has 1 fully saturated rings. The van der Waals surface area contributed by atoms with Crippen LogP contribution in [0.25, 0.3) is 0 Å². The summed E-state index contributed by atoms with van der Waals surface area (Å²) in [6.07, 6.45) is 10.6. The highest BCUT2D eigenvalue weighted by atomic mass is 16.1. The van der Waals surface area contributed by atoms with Crippen LogP contribution in [0.3, 0.4) is 0 Å². The Balaban J connectivity index is 1.42. The quantitative estimate of drug-likeness (QED) is 0.586. The van der Waals surface area contributed by atoms with Crippen LogP contribution in [0.15, 0.2) is 30.3 Å². The summed E-state index contributed by atoms with van der Waals surface area (Å²) in [7, 11) is 0. The van der Waals surface area contributed by atoms with Crippen molar-refractivity contribution in [3.8, 4) is 0 Å². The van der Waals surface area contributed by atoms with Gasteiger partial charge in [-0.15, -0.1) is 0 Å². The van der Waals surface area contributed by atoms with E-state index < -0.39 is 0 Å². The van der Waals surface area contributed by atoms with Gasteiger partial charge < -0.3 is 10.6 Å². The van der Waals surface area contributed by atoms with Gasteiger partial charge in [-0.3, -0.25) is 9.69 Å². The molecule has 4 nitrogen and oxygen atoms in total. The summed E-state index contributed by atoms with van der Waals surface area (Å²) in [6.45, 7) is 5.93. The molecule has 1 aliphatic rings. The molecule has 1 saturated heterocycles. The third kappa shape index (κ3) is 8.39. The van der Waals surface area contributed by atoms with Gasteiger partial charge >= 0.3 is 0 Å². The number of unbranched alkanes of at least 4 members (excludes halogenated alkanes) is 7. The molecule has 4 heteroatoms.